The molecule has 2 aliphatic rings. The third-order valence-electron chi connectivity index (χ3n) is 6.67. The van der Waals surface area contributed by atoms with Crippen molar-refractivity contribution in [2.45, 2.75) is 63.1 Å². The Labute approximate surface area is 218 Å². The van der Waals surface area contributed by atoms with E-state index in [4.69, 9.17) is 4.74 Å². The fourth-order valence-corrected chi connectivity index (χ4v) is 4.75. The zero-order valence-corrected chi connectivity index (χ0v) is 20.8. The van der Waals surface area contributed by atoms with E-state index in [9.17, 15) is 35.9 Å². The number of hydrogen-bond acceptors (Lipinski definition) is 8. The Kier molecular flexibility index (Phi) is 8.32. The molecule has 2 aromatic rings. The van der Waals surface area contributed by atoms with Crippen molar-refractivity contribution in [2.75, 3.05) is 36.5 Å². The number of H-pyrrole nitrogens is 1. The Balaban J connectivity index is 1.30. The minimum absolute atomic E-state index is 0.0853. The van der Waals surface area contributed by atoms with Gasteiger partial charge in [-0.05, 0) is 32.6 Å². The highest BCUT2D eigenvalue weighted by Gasteiger charge is 2.39. The van der Waals surface area contributed by atoms with Gasteiger partial charge in [0, 0.05) is 44.1 Å². The zero-order valence-electron chi connectivity index (χ0n) is 20.8. The second-order valence-corrected chi connectivity index (χ2v) is 9.51. The predicted molar refractivity (Wildman–Crippen MR) is 126 cm³/mol. The number of nitrogens with zero attached hydrogens (tertiary/aromatic N) is 5. The Morgan fingerprint density at radius 1 is 1.03 bits per heavy atom. The van der Waals surface area contributed by atoms with Crippen LogP contribution in [0, 0.1) is 0 Å². The van der Waals surface area contributed by atoms with Crippen LogP contribution in [0.2, 0.25) is 0 Å². The molecule has 0 aliphatic carbocycles. The van der Waals surface area contributed by atoms with Crippen LogP contribution in [0.25, 0.3) is 0 Å². The number of nitrogens with one attached hydrogen (secondary N) is 2. The van der Waals surface area contributed by atoms with Crippen molar-refractivity contribution in [3.05, 3.63) is 40.1 Å². The van der Waals surface area contributed by atoms with Crippen molar-refractivity contribution in [2.24, 2.45) is 0 Å². The molecule has 0 bridgehead atoms. The van der Waals surface area contributed by atoms with Crippen LogP contribution < -0.4 is 15.8 Å². The van der Waals surface area contributed by atoms with Crippen LogP contribution in [0.4, 0.5) is 38.0 Å². The number of ether oxygens (including phenoxy) is 1. The average Bonchev–Trinajstić information content (AvgIpc) is 2.87. The van der Waals surface area contributed by atoms with Gasteiger partial charge in [0.1, 0.15) is 11.7 Å². The summed E-state index contributed by atoms with van der Waals surface area (Å²) in [6, 6.07) is -0.758. The van der Waals surface area contributed by atoms with Crippen molar-refractivity contribution in [3.63, 3.8) is 0 Å². The minimum atomic E-state index is -4.88. The van der Waals surface area contributed by atoms with E-state index in [1.807, 2.05) is 0 Å². The summed E-state index contributed by atoms with van der Waals surface area (Å²) in [5.74, 6) is -0.0233. The van der Waals surface area contributed by atoms with E-state index in [2.05, 4.69) is 20.4 Å². The number of anilines is 2. The molecule has 2 aliphatic heterocycles. The fourth-order valence-electron chi connectivity index (χ4n) is 4.75. The van der Waals surface area contributed by atoms with Crippen LogP contribution in [-0.2, 0) is 21.9 Å². The maximum absolute atomic E-state index is 13.3. The summed E-state index contributed by atoms with van der Waals surface area (Å²) in [5.41, 5.74) is -4.17. The summed E-state index contributed by atoms with van der Waals surface area (Å²) in [6.07, 6.45) is -5.53. The number of halogens is 6. The lowest BCUT2D eigenvalue weighted by molar-refractivity contribution is -0.151. The lowest BCUT2D eigenvalue weighted by atomic mass is 9.98. The highest BCUT2D eigenvalue weighted by atomic mass is 19.4. The van der Waals surface area contributed by atoms with Gasteiger partial charge in [0.15, 0.2) is 0 Å². The number of carbonyl (C=O) groups is 1. The van der Waals surface area contributed by atoms with Crippen LogP contribution in [0.3, 0.4) is 0 Å². The molecule has 2 N–H and O–H groups in total. The molecule has 1 amide bonds. The summed E-state index contributed by atoms with van der Waals surface area (Å²) >= 11 is 0. The van der Waals surface area contributed by atoms with Crippen molar-refractivity contribution in [3.8, 4) is 0 Å². The molecule has 39 heavy (non-hydrogen) atoms. The monoisotopic (exact) mass is 563 g/mol. The molecule has 2 fully saturated rings. The first-order valence-corrected chi connectivity index (χ1v) is 12.3. The van der Waals surface area contributed by atoms with Crippen LogP contribution in [0.1, 0.15) is 43.7 Å². The highest BCUT2D eigenvalue weighted by Crippen LogP contribution is 2.32. The molecule has 2 aromatic heterocycles. The Morgan fingerprint density at radius 3 is 2.31 bits per heavy atom. The normalized spacial score (nSPS) is 20.3. The van der Waals surface area contributed by atoms with Gasteiger partial charge in [-0.2, -0.15) is 31.4 Å². The predicted octanol–water partition coefficient (Wildman–Crippen LogP) is 3.07. The molecule has 10 nitrogen and oxygen atoms in total. The third-order valence-corrected chi connectivity index (χ3v) is 6.67. The number of piperidine rings is 2. The number of rotatable bonds is 7. The first kappa shape index (κ1) is 28.6. The van der Waals surface area contributed by atoms with Gasteiger partial charge in [0.25, 0.3) is 11.5 Å². The molecule has 0 saturated carbocycles. The summed E-state index contributed by atoms with van der Waals surface area (Å²) in [6.45, 7) is 2.92. The van der Waals surface area contributed by atoms with Gasteiger partial charge in [0.2, 0.25) is 5.95 Å². The number of amides is 1. The smallest absolute Gasteiger partial charge is 0.378 e. The lowest BCUT2D eigenvalue weighted by Crippen LogP contribution is -2.54. The number of aromatic amines is 1. The summed E-state index contributed by atoms with van der Waals surface area (Å²) < 4.78 is 83.8. The minimum Gasteiger partial charge on any atom is -0.378 e. The topological polar surface area (TPSA) is 116 Å². The van der Waals surface area contributed by atoms with Gasteiger partial charge in [-0.1, -0.05) is 0 Å². The molecule has 4 heterocycles. The molecule has 0 radical (unpaired) electrons. The second-order valence-electron chi connectivity index (χ2n) is 9.51. The molecule has 214 valence electrons. The Morgan fingerprint density at radius 2 is 1.69 bits per heavy atom. The molecule has 16 heteroatoms. The number of carbonyl (C=O) groups excluding carboxylic acids is 1. The van der Waals surface area contributed by atoms with Crippen LogP contribution in [0.15, 0.2) is 23.4 Å². The molecule has 2 atom stereocenters. The fraction of sp³-hybridized carbons (Fsp3) is 0.609. The van der Waals surface area contributed by atoms with Crippen LogP contribution >= 0.6 is 0 Å². The van der Waals surface area contributed by atoms with Gasteiger partial charge in [0.05, 0.1) is 24.1 Å². The van der Waals surface area contributed by atoms with Crippen molar-refractivity contribution in [1.29, 1.82) is 0 Å². The maximum Gasteiger partial charge on any atom is 0.423 e. The summed E-state index contributed by atoms with van der Waals surface area (Å²) in [5, 5.41) is 7.77. The number of alkyl halides is 6. The molecule has 2 saturated heterocycles. The van der Waals surface area contributed by atoms with E-state index < -0.39 is 46.9 Å². The first-order chi connectivity index (χ1) is 18.3. The Hall–Kier alpha value is -3.43. The molecule has 4 rings (SSSR count). The quantitative estimate of drug-likeness (QED) is 0.494. The van der Waals surface area contributed by atoms with E-state index in [0.717, 1.165) is 18.6 Å². The van der Waals surface area contributed by atoms with E-state index in [-0.39, 0.29) is 24.5 Å². The average molecular weight is 564 g/mol. The van der Waals surface area contributed by atoms with E-state index in [0.29, 0.717) is 45.3 Å². The van der Waals surface area contributed by atoms with Crippen LogP contribution in [-0.4, -0.2) is 75.4 Å². The maximum atomic E-state index is 13.3. The third kappa shape index (κ3) is 6.78. The first-order valence-electron chi connectivity index (χ1n) is 12.3. The summed E-state index contributed by atoms with van der Waals surface area (Å²) in [4.78, 5) is 35.9. The van der Waals surface area contributed by atoms with Gasteiger partial charge in [-0.25, -0.2) is 15.1 Å². The Bertz CT molecular complexity index is 1200. The van der Waals surface area contributed by atoms with Gasteiger partial charge in [-0.15, -0.1) is 0 Å². The van der Waals surface area contributed by atoms with E-state index in [1.54, 1.807) is 21.8 Å². The van der Waals surface area contributed by atoms with Crippen molar-refractivity contribution in [1.82, 2.24) is 25.1 Å². The standard InChI is InChI=1S/C23H27F6N7O3/c1-13(33-16-11-32-34-19(37)18(16)23(27,28)29)12-39-17-3-2-6-36(20(17)38)15-4-7-35(8-5-15)21-30-9-14(10-31-21)22(24,25)26/h9-11,13,15,17H,2-8,12H2,1H3,(H2,33,34,37)/t13?,17-/m1/s1. The summed E-state index contributed by atoms with van der Waals surface area (Å²) in [7, 11) is 0. The lowest BCUT2D eigenvalue weighted by Gasteiger charge is -2.42. The second kappa shape index (κ2) is 11.4. The van der Waals surface area contributed by atoms with Crippen molar-refractivity contribution >= 4 is 17.5 Å². The van der Waals surface area contributed by atoms with E-state index >= 15 is 0 Å². The molecule has 0 aromatic carbocycles. The zero-order chi connectivity index (χ0) is 28.4. The molecule has 1 unspecified atom stereocenters. The van der Waals surface area contributed by atoms with Gasteiger partial charge >= 0.3 is 12.4 Å². The van der Waals surface area contributed by atoms with Gasteiger partial charge < -0.3 is 19.9 Å². The van der Waals surface area contributed by atoms with Crippen molar-refractivity contribution < 1.29 is 35.9 Å². The molecular weight excluding hydrogens is 536 g/mol. The number of aromatic nitrogens is 4. The molecule has 0 spiro atoms. The number of hydrogen-bond donors (Lipinski definition) is 2. The largest absolute Gasteiger partial charge is 0.423 e. The van der Waals surface area contributed by atoms with E-state index in [1.165, 1.54) is 0 Å². The highest BCUT2D eigenvalue weighted by molar-refractivity contribution is 5.82. The SMILES string of the molecule is CC(CO[C@@H]1CCCN(C2CCN(c3ncc(C(F)(F)F)cn3)CC2)C1=O)Nc1cn[nH]c(=O)c1C(F)(F)F. The molecular formula is C23H27F6N7O3. The van der Waals surface area contributed by atoms with Gasteiger partial charge in [-0.3, -0.25) is 9.59 Å². The van der Waals surface area contributed by atoms with Crippen LogP contribution in [0.5, 0.6) is 0 Å². The number of likely N-dealkylation sites (tertiary alicyclic amines) is 1.